The Kier molecular flexibility index (Phi) is 7.29. The molecule has 0 amide bonds. The highest BCUT2D eigenvalue weighted by Crippen LogP contribution is 2.39. The number of phenolic OH excluding ortho intramolecular Hbond substituents is 1. The maximum absolute atomic E-state index is 11.0. The van der Waals surface area contributed by atoms with Crippen LogP contribution in [0.5, 0.6) is 11.5 Å². The lowest BCUT2D eigenvalue weighted by atomic mass is 9.96. The first kappa shape index (κ1) is 22.3. The monoisotopic (exact) mass is 433 g/mol. The molecule has 1 aromatic carbocycles. The predicted molar refractivity (Wildman–Crippen MR) is 110 cm³/mol. The van der Waals surface area contributed by atoms with Gasteiger partial charge in [-0.3, -0.25) is 0 Å². The average molecular weight is 434 g/mol. The Labute approximate surface area is 173 Å². The average Bonchev–Trinajstić information content (AvgIpc) is 2.66. The number of nitrogens with two attached hydrogens (primary N) is 2. The number of methoxy groups -OCH3 is 1. The largest absolute Gasteiger partial charge is 0.504 e. The molecule has 0 saturated carbocycles. The molecule has 0 aliphatic rings. The highest BCUT2D eigenvalue weighted by Gasteiger charge is 2.21. The van der Waals surface area contributed by atoms with Crippen LogP contribution in [-0.2, 0) is 10.0 Å². The number of phenols is 1. The minimum absolute atomic E-state index is 0.0321. The third-order valence-corrected chi connectivity index (χ3v) is 5.86. The fraction of sp³-hybridized carbons (Fsp3) is 0.278. The topological polar surface area (TPSA) is 176 Å². The van der Waals surface area contributed by atoms with E-state index in [2.05, 4.69) is 11.1 Å². The van der Waals surface area contributed by atoms with E-state index >= 15 is 0 Å². The van der Waals surface area contributed by atoms with Gasteiger partial charge in [0.1, 0.15) is 28.5 Å². The summed E-state index contributed by atoms with van der Waals surface area (Å²) in [5, 5.41) is 34.6. The molecule has 0 bridgehead atoms. The van der Waals surface area contributed by atoms with E-state index in [-0.39, 0.29) is 39.8 Å². The molecule has 0 aliphatic heterocycles. The first-order chi connectivity index (χ1) is 13.7. The number of hydrogen-bond acceptors (Lipinski definition) is 9. The van der Waals surface area contributed by atoms with Crippen LogP contribution in [0.15, 0.2) is 23.2 Å². The number of anilines is 1. The molecule has 1 heterocycles. The molecule has 0 fully saturated rings. The number of nitrogens with zero attached hydrogens (tertiary/aromatic N) is 3. The molecule has 2 rings (SSSR count). The van der Waals surface area contributed by atoms with Crippen LogP contribution in [0.2, 0.25) is 0 Å². The summed E-state index contributed by atoms with van der Waals surface area (Å²) >= 11 is 1.23. The lowest BCUT2D eigenvalue weighted by Crippen LogP contribution is -2.16. The van der Waals surface area contributed by atoms with Crippen LogP contribution in [0.3, 0.4) is 0 Å². The van der Waals surface area contributed by atoms with Crippen LogP contribution in [0.1, 0.15) is 24.0 Å². The zero-order valence-electron chi connectivity index (χ0n) is 15.5. The highest BCUT2D eigenvalue weighted by molar-refractivity contribution is 7.99. The first-order valence-corrected chi connectivity index (χ1v) is 11.1. The maximum atomic E-state index is 11.0. The molecule has 0 radical (unpaired) electrons. The third-order valence-electron chi connectivity index (χ3n) is 3.95. The molecule has 0 saturated heterocycles. The van der Waals surface area contributed by atoms with Crippen molar-refractivity contribution < 1.29 is 18.3 Å². The Morgan fingerprint density at radius 1 is 1.24 bits per heavy atom. The normalized spacial score (nSPS) is 10.9. The number of benzene rings is 1. The molecule has 2 aromatic rings. The van der Waals surface area contributed by atoms with Crippen LogP contribution in [0.25, 0.3) is 11.1 Å². The number of nitriles is 2. The summed E-state index contributed by atoms with van der Waals surface area (Å²) in [5.41, 5.74) is 6.81. The molecule has 9 nitrogen and oxygen atoms in total. The maximum Gasteiger partial charge on any atom is 0.209 e. The van der Waals surface area contributed by atoms with E-state index in [0.29, 0.717) is 29.2 Å². The number of sulfonamides is 1. The van der Waals surface area contributed by atoms with E-state index in [1.165, 1.54) is 31.0 Å². The van der Waals surface area contributed by atoms with Gasteiger partial charge in [-0.15, -0.1) is 11.8 Å². The quantitative estimate of drug-likeness (QED) is 0.414. The molecule has 5 N–H and O–H groups in total. The molecule has 0 unspecified atom stereocenters. The van der Waals surface area contributed by atoms with Crippen molar-refractivity contribution in [3.05, 3.63) is 29.3 Å². The summed E-state index contributed by atoms with van der Waals surface area (Å²) in [7, 11) is -2.11. The minimum Gasteiger partial charge on any atom is -0.504 e. The summed E-state index contributed by atoms with van der Waals surface area (Å²) in [6, 6.07) is 8.53. The van der Waals surface area contributed by atoms with Gasteiger partial charge in [-0.05, 0) is 36.3 Å². The van der Waals surface area contributed by atoms with Crippen LogP contribution in [0, 0.1) is 22.7 Å². The van der Waals surface area contributed by atoms with Gasteiger partial charge >= 0.3 is 0 Å². The van der Waals surface area contributed by atoms with Crippen LogP contribution < -0.4 is 15.6 Å². The molecule has 11 heteroatoms. The van der Waals surface area contributed by atoms with Gasteiger partial charge in [-0.25, -0.2) is 18.5 Å². The minimum atomic E-state index is -3.52. The van der Waals surface area contributed by atoms with E-state index in [1.807, 2.05) is 6.07 Å². The van der Waals surface area contributed by atoms with Gasteiger partial charge in [0.15, 0.2) is 11.5 Å². The second-order valence-electron chi connectivity index (χ2n) is 5.96. The SMILES string of the molecule is COc1ccc(-c2c(C#N)c(N)nc(SCCCCS(N)(=O)=O)c2C#N)cc1O. The van der Waals surface area contributed by atoms with E-state index in [9.17, 15) is 24.0 Å². The van der Waals surface area contributed by atoms with E-state index < -0.39 is 10.0 Å². The van der Waals surface area contributed by atoms with E-state index in [4.69, 9.17) is 15.6 Å². The number of aromatic hydroxyl groups is 1. The number of hydrogen-bond donors (Lipinski definition) is 3. The highest BCUT2D eigenvalue weighted by atomic mass is 32.2. The fourth-order valence-corrected chi connectivity index (χ4v) is 4.21. The number of thioether (sulfide) groups is 1. The molecular weight excluding hydrogens is 414 g/mol. The number of pyridine rings is 1. The standard InChI is InChI=1S/C18H19N5O4S2/c1-27-15-5-4-11(8-14(15)24)16-12(9-19)17(21)23-18(13(16)10-20)28-6-2-3-7-29(22,25)26/h4-5,8,24H,2-3,6-7H2,1H3,(H2,21,23)(H2,22,25,26). The summed E-state index contributed by atoms with van der Waals surface area (Å²) in [6.07, 6.45) is 0.908. The molecule has 29 heavy (non-hydrogen) atoms. The summed E-state index contributed by atoms with van der Waals surface area (Å²) < 4.78 is 27.0. The molecule has 0 aliphatic carbocycles. The van der Waals surface area contributed by atoms with Gasteiger partial charge < -0.3 is 15.6 Å². The van der Waals surface area contributed by atoms with Gasteiger partial charge in [-0.1, -0.05) is 6.07 Å². The van der Waals surface area contributed by atoms with E-state index in [0.717, 1.165) is 0 Å². The van der Waals surface area contributed by atoms with Gasteiger partial charge in [-0.2, -0.15) is 10.5 Å². The molecule has 1 aromatic heterocycles. The molecule has 0 atom stereocenters. The van der Waals surface area contributed by atoms with E-state index in [1.54, 1.807) is 6.07 Å². The number of aromatic nitrogens is 1. The molecule has 152 valence electrons. The Balaban J connectivity index is 2.42. The zero-order chi connectivity index (χ0) is 21.6. The lowest BCUT2D eigenvalue weighted by molar-refractivity contribution is 0.373. The third kappa shape index (κ3) is 5.51. The summed E-state index contributed by atoms with van der Waals surface area (Å²) in [6.45, 7) is 0. The van der Waals surface area contributed by atoms with Crippen LogP contribution in [0.4, 0.5) is 5.82 Å². The van der Waals surface area contributed by atoms with Gasteiger partial charge in [0.05, 0.1) is 18.4 Å². The van der Waals surface area contributed by atoms with Crippen molar-refractivity contribution in [1.29, 1.82) is 10.5 Å². The Hall–Kier alpha value is -2.99. The Morgan fingerprint density at radius 2 is 1.93 bits per heavy atom. The lowest BCUT2D eigenvalue weighted by Gasteiger charge is -2.14. The second-order valence-corrected chi connectivity index (χ2v) is 8.78. The number of primary sulfonamides is 1. The van der Waals surface area contributed by atoms with Crippen LogP contribution in [-0.4, -0.2) is 37.1 Å². The summed E-state index contributed by atoms with van der Waals surface area (Å²) in [5.74, 6) is 0.417. The number of ether oxygens (including phenoxy) is 1. The van der Waals surface area contributed by atoms with Gasteiger partial charge in [0.2, 0.25) is 10.0 Å². The van der Waals surface area contributed by atoms with Crippen molar-refractivity contribution in [3.63, 3.8) is 0 Å². The van der Waals surface area contributed by atoms with Crippen molar-refractivity contribution in [2.24, 2.45) is 5.14 Å². The van der Waals surface area contributed by atoms with Gasteiger partial charge in [0.25, 0.3) is 0 Å². The Bertz CT molecular complexity index is 1100. The molecular formula is C18H19N5O4S2. The number of rotatable bonds is 8. The predicted octanol–water partition coefficient (Wildman–Crippen LogP) is 1.95. The smallest absolute Gasteiger partial charge is 0.209 e. The Morgan fingerprint density at radius 3 is 2.48 bits per heavy atom. The molecule has 0 spiro atoms. The van der Waals surface area contributed by atoms with Crippen molar-refractivity contribution in [2.45, 2.75) is 17.9 Å². The van der Waals surface area contributed by atoms with Gasteiger partial charge in [0, 0.05) is 5.56 Å². The fourth-order valence-electron chi connectivity index (χ4n) is 2.61. The number of unbranched alkanes of at least 4 members (excludes halogenated alkanes) is 1. The van der Waals surface area contributed by atoms with Crippen LogP contribution >= 0.6 is 11.8 Å². The van der Waals surface area contributed by atoms with Crippen molar-refractivity contribution in [2.75, 3.05) is 24.3 Å². The van der Waals surface area contributed by atoms with Crippen molar-refractivity contribution in [3.8, 4) is 34.8 Å². The van der Waals surface area contributed by atoms with Crippen molar-refractivity contribution >= 4 is 27.6 Å². The summed E-state index contributed by atoms with van der Waals surface area (Å²) in [4.78, 5) is 4.17. The second kappa shape index (κ2) is 9.47. The zero-order valence-corrected chi connectivity index (χ0v) is 17.2. The van der Waals surface area contributed by atoms with Crippen molar-refractivity contribution in [1.82, 2.24) is 4.98 Å². The number of nitrogen functional groups attached to an aromatic ring is 1. The first-order valence-electron chi connectivity index (χ1n) is 8.36.